The van der Waals surface area contributed by atoms with E-state index in [9.17, 15) is 10.1 Å². The van der Waals surface area contributed by atoms with Gasteiger partial charge in [-0.15, -0.1) is 0 Å². The molecule has 0 N–H and O–H groups in total. The summed E-state index contributed by atoms with van der Waals surface area (Å²) in [6.45, 7) is 0. The van der Waals surface area contributed by atoms with Crippen LogP contribution in [-0.2, 0) is 4.84 Å². The fraction of sp³-hybridized carbons (Fsp3) is 0.889. The molecule has 0 aromatic carbocycles. The molecule has 2 spiro atoms. The Morgan fingerprint density at radius 2 is 1.93 bits per heavy atom. The van der Waals surface area contributed by atoms with Gasteiger partial charge in [0.25, 0.3) is 0 Å². The third-order valence-electron chi connectivity index (χ3n) is 4.15. The molecule has 5 nitrogen and oxygen atoms in total. The van der Waals surface area contributed by atoms with E-state index in [1.165, 1.54) is 0 Å². The molecule has 2 saturated carbocycles. The van der Waals surface area contributed by atoms with Crippen molar-refractivity contribution in [2.24, 2.45) is 10.6 Å². The van der Waals surface area contributed by atoms with Crippen molar-refractivity contribution >= 4 is 5.84 Å². The van der Waals surface area contributed by atoms with Gasteiger partial charge in [-0.1, -0.05) is 6.42 Å². The summed E-state index contributed by atoms with van der Waals surface area (Å²) in [4.78, 5) is 15.8. The number of rotatable bonds is 0. The molecule has 2 aliphatic carbocycles. The van der Waals surface area contributed by atoms with Crippen LogP contribution >= 0.6 is 0 Å². The molecule has 0 saturated heterocycles. The van der Waals surface area contributed by atoms with Crippen molar-refractivity contribution in [3.05, 3.63) is 10.1 Å². The van der Waals surface area contributed by atoms with E-state index in [1.807, 2.05) is 0 Å². The smallest absolute Gasteiger partial charge is 0.358 e. The second kappa shape index (κ2) is 2.27. The van der Waals surface area contributed by atoms with Crippen LogP contribution in [0.4, 0.5) is 0 Å². The van der Waals surface area contributed by atoms with Gasteiger partial charge < -0.3 is 10.1 Å². The number of hydrogen-bond acceptors (Lipinski definition) is 4. The normalized spacial score (nSPS) is 30.4. The van der Waals surface area contributed by atoms with Gasteiger partial charge in [0.1, 0.15) is 5.41 Å². The molecule has 1 aliphatic heterocycles. The minimum Gasteiger partial charge on any atom is -0.358 e. The van der Waals surface area contributed by atoms with Crippen molar-refractivity contribution in [2.75, 3.05) is 0 Å². The molecule has 0 radical (unpaired) electrons. The van der Waals surface area contributed by atoms with E-state index in [0.29, 0.717) is 0 Å². The quantitative estimate of drug-likeness (QED) is 0.437. The molecule has 0 atom stereocenters. The van der Waals surface area contributed by atoms with E-state index in [4.69, 9.17) is 4.84 Å². The zero-order valence-electron chi connectivity index (χ0n) is 7.86. The lowest BCUT2D eigenvalue weighted by atomic mass is 9.52. The summed E-state index contributed by atoms with van der Waals surface area (Å²) in [6, 6.07) is 0. The van der Waals surface area contributed by atoms with E-state index in [2.05, 4.69) is 5.16 Å². The fourth-order valence-corrected chi connectivity index (χ4v) is 2.99. The highest BCUT2D eigenvalue weighted by atomic mass is 16.7. The Morgan fingerprint density at radius 3 is 2.29 bits per heavy atom. The summed E-state index contributed by atoms with van der Waals surface area (Å²) in [5.41, 5.74) is -0.609. The van der Waals surface area contributed by atoms with Gasteiger partial charge >= 0.3 is 5.84 Å². The second-order valence-corrected chi connectivity index (χ2v) is 4.55. The van der Waals surface area contributed by atoms with E-state index >= 15 is 0 Å². The van der Waals surface area contributed by atoms with Crippen LogP contribution in [0.2, 0.25) is 0 Å². The summed E-state index contributed by atoms with van der Waals surface area (Å²) in [7, 11) is 0. The molecule has 2 fully saturated rings. The highest BCUT2D eigenvalue weighted by molar-refractivity contribution is 5.84. The Bertz CT molecular complexity index is 329. The SMILES string of the molecule is O=[N+]([O-])C1=NOC2(CCC2)C12CCC2. The van der Waals surface area contributed by atoms with Crippen LogP contribution in [0, 0.1) is 15.5 Å². The van der Waals surface area contributed by atoms with E-state index in [0.717, 1.165) is 38.5 Å². The number of hydrogen-bond donors (Lipinski definition) is 0. The number of nitrogens with zero attached hydrogens (tertiary/aromatic N) is 2. The molecule has 3 rings (SSSR count). The predicted molar refractivity (Wildman–Crippen MR) is 48.4 cm³/mol. The third-order valence-corrected chi connectivity index (χ3v) is 4.15. The summed E-state index contributed by atoms with van der Waals surface area (Å²) >= 11 is 0. The number of amidine groups is 1. The molecule has 0 bridgehead atoms. The van der Waals surface area contributed by atoms with Crippen LogP contribution in [-0.4, -0.2) is 16.4 Å². The predicted octanol–water partition coefficient (Wildman–Crippen LogP) is 1.70. The monoisotopic (exact) mass is 196 g/mol. The number of nitro groups is 1. The minimum absolute atomic E-state index is 0.0865. The molecule has 0 unspecified atom stereocenters. The van der Waals surface area contributed by atoms with Gasteiger partial charge in [-0.25, -0.2) is 0 Å². The van der Waals surface area contributed by atoms with Crippen LogP contribution < -0.4 is 0 Å². The van der Waals surface area contributed by atoms with Crippen molar-refractivity contribution in [2.45, 2.75) is 44.1 Å². The van der Waals surface area contributed by atoms with Gasteiger partial charge in [-0.2, -0.15) is 0 Å². The molecule has 0 amide bonds. The standard InChI is InChI=1S/C9H12N2O3/c12-11(13)7-8(3-1-4-8)9(14-10-7)5-2-6-9/h1-6H2. The molecule has 14 heavy (non-hydrogen) atoms. The van der Waals surface area contributed by atoms with Crippen LogP contribution in [0.3, 0.4) is 0 Å². The molecule has 1 heterocycles. The van der Waals surface area contributed by atoms with Gasteiger partial charge in [0.15, 0.2) is 10.8 Å². The number of oxime groups is 1. The molecule has 76 valence electrons. The lowest BCUT2D eigenvalue weighted by molar-refractivity contribution is -0.364. The first kappa shape index (κ1) is 8.20. The molecule has 3 aliphatic rings. The van der Waals surface area contributed by atoms with Crippen LogP contribution in [0.5, 0.6) is 0 Å². The highest BCUT2D eigenvalue weighted by Gasteiger charge is 2.72. The average Bonchev–Trinajstić information content (AvgIpc) is 2.35. The maximum Gasteiger partial charge on any atom is 0.395 e. The lowest BCUT2D eigenvalue weighted by Crippen LogP contribution is -2.59. The topological polar surface area (TPSA) is 64.7 Å². The van der Waals surface area contributed by atoms with Crippen molar-refractivity contribution < 1.29 is 9.76 Å². The Balaban J connectivity index is 1.99. The van der Waals surface area contributed by atoms with E-state index < -0.39 is 0 Å². The maximum absolute atomic E-state index is 10.8. The van der Waals surface area contributed by atoms with Gasteiger partial charge in [0, 0.05) is 0 Å². The van der Waals surface area contributed by atoms with Gasteiger partial charge in [-0.3, -0.25) is 4.84 Å². The van der Waals surface area contributed by atoms with Crippen LogP contribution in [0.15, 0.2) is 5.16 Å². The number of fused-ring (bicyclic) bond motifs is 1. The lowest BCUT2D eigenvalue weighted by Gasteiger charge is -2.50. The molecule has 0 aromatic rings. The fourth-order valence-electron chi connectivity index (χ4n) is 2.99. The molecule has 0 aromatic heterocycles. The van der Waals surface area contributed by atoms with Crippen LogP contribution in [0.25, 0.3) is 0 Å². The Kier molecular flexibility index (Phi) is 1.33. The van der Waals surface area contributed by atoms with Crippen molar-refractivity contribution in [3.8, 4) is 0 Å². The molecular weight excluding hydrogens is 184 g/mol. The Hall–Kier alpha value is -1.13. The first-order valence-corrected chi connectivity index (χ1v) is 5.11. The maximum atomic E-state index is 10.8. The zero-order valence-corrected chi connectivity index (χ0v) is 7.86. The first-order valence-electron chi connectivity index (χ1n) is 5.11. The first-order chi connectivity index (χ1) is 6.70. The highest BCUT2D eigenvalue weighted by Crippen LogP contribution is 2.62. The largest absolute Gasteiger partial charge is 0.395 e. The van der Waals surface area contributed by atoms with Crippen molar-refractivity contribution in [3.63, 3.8) is 0 Å². The summed E-state index contributed by atoms with van der Waals surface area (Å²) < 4.78 is 0. The average molecular weight is 196 g/mol. The van der Waals surface area contributed by atoms with Crippen molar-refractivity contribution in [1.29, 1.82) is 0 Å². The van der Waals surface area contributed by atoms with E-state index in [-0.39, 0.29) is 21.8 Å². The third kappa shape index (κ3) is 0.666. The van der Waals surface area contributed by atoms with Gasteiger partial charge in [-0.05, 0) is 37.0 Å². The molecule has 5 heteroatoms. The van der Waals surface area contributed by atoms with Gasteiger partial charge in [0.2, 0.25) is 0 Å². The summed E-state index contributed by atoms with van der Waals surface area (Å²) in [6.07, 6.45) is 5.82. The van der Waals surface area contributed by atoms with Gasteiger partial charge in [0.05, 0.1) is 0 Å². The zero-order chi connectivity index (χ0) is 9.81. The summed E-state index contributed by atoms with van der Waals surface area (Å²) in [5, 5.41) is 14.5. The Labute approximate surface area is 81.3 Å². The minimum atomic E-state index is -0.355. The van der Waals surface area contributed by atoms with Crippen molar-refractivity contribution in [1.82, 2.24) is 0 Å². The van der Waals surface area contributed by atoms with Crippen LogP contribution in [0.1, 0.15) is 38.5 Å². The second-order valence-electron chi connectivity index (χ2n) is 4.55. The molecular formula is C9H12N2O3. The summed E-state index contributed by atoms with van der Waals surface area (Å²) in [5.74, 6) is 0.0865. The van der Waals surface area contributed by atoms with E-state index in [1.54, 1.807) is 0 Å². The Morgan fingerprint density at radius 1 is 1.29 bits per heavy atom.